The molecule has 2 aromatic carbocycles. The maximum atomic E-state index is 10.2. The Morgan fingerprint density at radius 2 is 1.63 bits per heavy atom. The second kappa shape index (κ2) is 7.71. The molecule has 2 aromatic rings. The zero-order chi connectivity index (χ0) is 14.1. The fourth-order valence-electron chi connectivity index (χ4n) is 1.42. The van der Waals surface area contributed by atoms with Crippen LogP contribution in [0.4, 0.5) is 0 Å². The molecule has 0 aromatic heterocycles. The molecule has 0 radical (unpaired) electrons. The summed E-state index contributed by atoms with van der Waals surface area (Å²) in [5.41, 5.74) is 1.26. The summed E-state index contributed by atoms with van der Waals surface area (Å²) in [6.07, 6.45) is 2.50. The quantitative estimate of drug-likeness (QED) is 0.826. The van der Waals surface area contributed by atoms with Crippen molar-refractivity contribution in [3.63, 3.8) is 0 Å². The van der Waals surface area contributed by atoms with Crippen LogP contribution in [-0.4, -0.2) is 16.2 Å². The maximum absolute atomic E-state index is 10.2. The van der Waals surface area contributed by atoms with Gasteiger partial charge < -0.3 is 10.2 Å². The molecule has 0 unspecified atom stereocenters. The van der Waals surface area contributed by atoms with E-state index in [0.29, 0.717) is 11.3 Å². The number of phenols is 1. The van der Waals surface area contributed by atoms with E-state index in [1.807, 2.05) is 18.2 Å². The van der Waals surface area contributed by atoms with Crippen LogP contribution in [0.1, 0.15) is 15.9 Å². The summed E-state index contributed by atoms with van der Waals surface area (Å²) < 4.78 is 0. The molecule has 0 heterocycles. The molecule has 0 amide bonds. The minimum absolute atomic E-state index is 0.331. The number of hydrogen-bond donors (Lipinski definition) is 2. The highest BCUT2D eigenvalue weighted by Crippen LogP contribution is 2.15. The molecule has 0 spiro atoms. The first-order valence-corrected chi connectivity index (χ1v) is 5.81. The Morgan fingerprint density at radius 1 is 1.05 bits per heavy atom. The summed E-state index contributed by atoms with van der Waals surface area (Å²) in [5.74, 6) is -0.530. The molecule has 98 valence electrons. The fraction of sp³-hybridized carbons (Fsp3) is 0.0625. The van der Waals surface area contributed by atoms with Crippen LogP contribution in [0.25, 0.3) is 0 Å². The first kappa shape index (κ1) is 14.5. The highest BCUT2D eigenvalue weighted by atomic mass is 16.4. The van der Waals surface area contributed by atoms with Crippen LogP contribution in [0, 0.1) is 0 Å². The number of para-hydroxylation sites is 1. The smallest absolute Gasteiger partial charge is 0.335 e. The lowest BCUT2D eigenvalue weighted by atomic mass is 10.1. The van der Waals surface area contributed by atoms with Crippen molar-refractivity contribution in [2.45, 2.75) is 6.42 Å². The van der Waals surface area contributed by atoms with Crippen LogP contribution in [0.3, 0.4) is 0 Å². The summed E-state index contributed by atoms with van der Waals surface area (Å²) >= 11 is 0. The van der Waals surface area contributed by atoms with Crippen molar-refractivity contribution >= 4 is 5.97 Å². The largest absolute Gasteiger partial charge is 0.508 e. The van der Waals surface area contributed by atoms with E-state index in [4.69, 9.17) is 5.11 Å². The summed E-state index contributed by atoms with van der Waals surface area (Å²) in [5, 5.41) is 17.6. The second-order valence-corrected chi connectivity index (χ2v) is 3.79. The lowest BCUT2D eigenvalue weighted by Gasteiger charge is -1.97. The van der Waals surface area contributed by atoms with E-state index < -0.39 is 5.97 Å². The summed E-state index contributed by atoms with van der Waals surface area (Å²) in [6.45, 7) is 3.59. The SMILES string of the molecule is C=CCc1ccccc1O.O=C(O)c1ccccc1. The van der Waals surface area contributed by atoms with Gasteiger partial charge in [-0.1, -0.05) is 42.5 Å². The average Bonchev–Trinajstić information content (AvgIpc) is 2.43. The van der Waals surface area contributed by atoms with E-state index in [-0.39, 0.29) is 0 Å². The Morgan fingerprint density at radius 3 is 2.11 bits per heavy atom. The molecule has 0 aliphatic carbocycles. The number of carboxylic acid groups (broad SMARTS) is 1. The van der Waals surface area contributed by atoms with Crippen molar-refractivity contribution in [2.75, 3.05) is 0 Å². The Kier molecular flexibility index (Phi) is 5.89. The molecular weight excluding hydrogens is 240 g/mol. The summed E-state index contributed by atoms with van der Waals surface area (Å²) in [6, 6.07) is 15.6. The average molecular weight is 256 g/mol. The van der Waals surface area contributed by atoms with E-state index in [1.165, 1.54) is 0 Å². The third-order valence-electron chi connectivity index (χ3n) is 2.38. The molecule has 2 N–H and O–H groups in total. The Labute approximate surface area is 112 Å². The molecule has 0 atom stereocenters. The van der Waals surface area contributed by atoms with Crippen LogP contribution in [0.15, 0.2) is 67.3 Å². The first-order valence-electron chi connectivity index (χ1n) is 5.81. The number of benzene rings is 2. The van der Waals surface area contributed by atoms with Crippen molar-refractivity contribution in [2.24, 2.45) is 0 Å². The van der Waals surface area contributed by atoms with Gasteiger partial charge in [0.25, 0.3) is 0 Å². The first-order chi connectivity index (χ1) is 9.15. The maximum Gasteiger partial charge on any atom is 0.335 e. The van der Waals surface area contributed by atoms with E-state index in [2.05, 4.69) is 6.58 Å². The highest BCUT2D eigenvalue weighted by molar-refractivity contribution is 5.87. The molecule has 0 aliphatic heterocycles. The predicted molar refractivity (Wildman–Crippen MR) is 75.4 cm³/mol. The van der Waals surface area contributed by atoms with E-state index >= 15 is 0 Å². The van der Waals surface area contributed by atoms with Crippen molar-refractivity contribution in [3.8, 4) is 5.75 Å². The van der Waals surface area contributed by atoms with Crippen molar-refractivity contribution < 1.29 is 15.0 Å². The van der Waals surface area contributed by atoms with Crippen LogP contribution >= 0.6 is 0 Å². The van der Waals surface area contributed by atoms with Crippen LogP contribution in [0.5, 0.6) is 5.75 Å². The van der Waals surface area contributed by atoms with E-state index in [0.717, 1.165) is 12.0 Å². The zero-order valence-electron chi connectivity index (χ0n) is 10.5. The normalized spacial score (nSPS) is 9.05. The Hall–Kier alpha value is -2.55. The molecule has 3 heteroatoms. The van der Waals surface area contributed by atoms with Crippen molar-refractivity contribution in [3.05, 3.63) is 78.4 Å². The molecule has 0 fully saturated rings. The molecule has 0 aliphatic rings. The molecule has 3 nitrogen and oxygen atoms in total. The van der Waals surface area contributed by atoms with Gasteiger partial charge in [0.1, 0.15) is 5.75 Å². The van der Waals surface area contributed by atoms with E-state index in [1.54, 1.807) is 42.5 Å². The Balaban J connectivity index is 0.000000191. The van der Waals surface area contributed by atoms with Gasteiger partial charge in [0.2, 0.25) is 0 Å². The van der Waals surface area contributed by atoms with Gasteiger partial charge in [-0.3, -0.25) is 0 Å². The van der Waals surface area contributed by atoms with Gasteiger partial charge in [-0.15, -0.1) is 6.58 Å². The molecule has 2 rings (SSSR count). The van der Waals surface area contributed by atoms with Gasteiger partial charge in [-0.05, 0) is 30.2 Å². The van der Waals surface area contributed by atoms with Crippen LogP contribution in [-0.2, 0) is 6.42 Å². The third kappa shape index (κ3) is 5.08. The monoisotopic (exact) mass is 256 g/mol. The van der Waals surface area contributed by atoms with Gasteiger partial charge >= 0.3 is 5.97 Å². The topological polar surface area (TPSA) is 57.5 Å². The highest BCUT2D eigenvalue weighted by Gasteiger charge is 1.96. The summed E-state index contributed by atoms with van der Waals surface area (Å²) in [7, 11) is 0. The number of rotatable bonds is 3. The number of allylic oxidation sites excluding steroid dienone is 1. The van der Waals surface area contributed by atoms with E-state index in [9.17, 15) is 9.90 Å². The molecule has 19 heavy (non-hydrogen) atoms. The second-order valence-electron chi connectivity index (χ2n) is 3.79. The molecular formula is C16H16O3. The molecule has 0 saturated carbocycles. The number of aromatic hydroxyl groups is 1. The van der Waals surface area contributed by atoms with Gasteiger partial charge in [0, 0.05) is 0 Å². The van der Waals surface area contributed by atoms with Gasteiger partial charge in [-0.2, -0.15) is 0 Å². The number of hydrogen-bond acceptors (Lipinski definition) is 2. The molecule has 0 saturated heterocycles. The minimum atomic E-state index is -0.879. The van der Waals surface area contributed by atoms with Crippen LogP contribution in [0.2, 0.25) is 0 Å². The van der Waals surface area contributed by atoms with Gasteiger partial charge in [-0.25, -0.2) is 4.79 Å². The predicted octanol–water partition coefficient (Wildman–Crippen LogP) is 3.51. The lowest BCUT2D eigenvalue weighted by molar-refractivity contribution is 0.0697. The number of carbonyl (C=O) groups is 1. The minimum Gasteiger partial charge on any atom is -0.508 e. The number of carboxylic acids is 1. The van der Waals surface area contributed by atoms with Crippen LogP contribution < -0.4 is 0 Å². The van der Waals surface area contributed by atoms with Crippen molar-refractivity contribution in [1.82, 2.24) is 0 Å². The van der Waals surface area contributed by atoms with Gasteiger partial charge in [0.05, 0.1) is 5.56 Å². The fourth-order valence-corrected chi connectivity index (χ4v) is 1.42. The standard InChI is InChI=1S/C9H10O.C7H6O2/c1-2-5-8-6-3-4-7-9(8)10;8-7(9)6-4-2-1-3-5-6/h2-4,6-7,10H,1,5H2;1-5H,(H,8,9). The summed E-state index contributed by atoms with van der Waals surface area (Å²) in [4.78, 5) is 10.2. The van der Waals surface area contributed by atoms with Crippen molar-refractivity contribution in [1.29, 1.82) is 0 Å². The van der Waals surface area contributed by atoms with Gasteiger partial charge in [0.15, 0.2) is 0 Å². The zero-order valence-corrected chi connectivity index (χ0v) is 10.5. The third-order valence-corrected chi connectivity index (χ3v) is 2.38. The number of phenolic OH excluding ortho intramolecular Hbond substituents is 1. The number of aromatic carboxylic acids is 1. The Bertz CT molecular complexity index is 533. The molecule has 0 bridgehead atoms. The lowest BCUT2D eigenvalue weighted by Crippen LogP contribution is -1.93.